The van der Waals surface area contributed by atoms with Crippen LogP contribution in [0.25, 0.3) is 0 Å². The number of hydrogen-bond acceptors (Lipinski definition) is 3. The topological polar surface area (TPSA) is 55.6 Å². The first kappa shape index (κ1) is 12.5. The Bertz CT molecular complexity index is 501. The monoisotopic (exact) mass is 260 g/mol. The molecule has 2 unspecified atom stereocenters. The standard InChI is InChI=1S/C15H20N2O2/c1-10-9-17(6-4-13(10)16)15(18)12-2-3-14-11(8-12)5-7-19-14/h2-3,8,10,13H,4-7,9,16H2,1H3. The molecule has 2 atom stereocenters. The number of nitrogens with zero attached hydrogens (tertiary/aromatic N) is 1. The first-order valence-corrected chi connectivity index (χ1v) is 6.96. The molecule has 2 aliphatic rings. The van der Waals surface area contributed by atoms with Gasteiger partial charge in [-0.3, -0.25) is 4.79 Å². The fraction of sp³-hybridized carbons (Fsp3) is 0.533. The van der Waals surface area contributed by atoms with Crippen LogP contribution in [0.3, 0.4) is 0 Å². The predicted molar refractivity (Wildman–Crippen MR) is 73.3 cm³/mol. The van der Waals surface area contributed by atoms with Crippen molar-refractivity contribution < 1.29 is 9.53 Å². The van der Waals surface area contributed by atoms with E-state index in [9.17, 15) is 4.79 Å². The van der Waals surface area contributed by atoms with E-state index in [0.717, 1.165) is 49.4 Å². The van der Waals surface area contributed by atoms with Gasteiger partial charge in [-0.25, -0.2) is 0 Å². The number of rotatable bonds is 1. The molecule has 0 radical (unpaired) electrons. The maximum Gasteiger partial charge on any atom is 0.253 e. The van der Waals surface area contributed by atoms with Gasteiger partial charge >= 0.3 is 0 Å². The van der Waals surface area contributed by atoms with E-state index in [-0.39, 0.29) is 11.9 Å². The molecule has 4 heteroatoms. The molecular weight excluding hydrogens is 240 g/mol. The number of benzene rings is 1. The summed E-state index contributed by atoms with van der Waals surface area (Å²) in [5, 5.41) is 0. The Labute approximate surface area is 113 Å². The average molecular weight is 260 g/mol. The highest BCUT2D eigenvalue weighted by molar-refractivity contribution is 5.94. The quantitative estimate of drug-likeness (QED) is 0.831. The highest BCUT2D eigenvalue weighted by Gasteiger charge is 2.27. The molecular formula is C15H20N2O2. The Morgan fingerprint density at radius 3 is 3.11 bits per heavy atom. The number of piperidine rings is 1. The number of likely N-dealkylation sites (tertiary alicyclic amines) is 1. The zero-order valence-electron chi connectivity index (χ0n) is 11.3. The van der Waals surface area contributed by atoms with Crippen LogP contribution in [0.15, 0.2) is 18.2 Å². The molecule has 3 rings (SSSR count). The molecule has 2 N–H and O–H groups in total. The zero-order chi connectivity index (χ0) is 13.4. The number of amides is 1. The molecule has 0 aromatic heterocycles. The Hall–Kier alpha value is -1.55. The Balaban J connectivity index is 1.77. The second kappa shape index (κ2) is 4.85. The van der Waals surface area contributed by atoms with Crippen molar-refractivity contribution in [3.8, 4) is 5.75 Å². The van der Waals surface area contributed by atoms with Gasteiger partial charge < -0.3 is 15.4 Å². The van der Waals surface area contributed by atoms with Crippen molar-refractivity contribution in [1.82, 2.24) is 4.90 Å². The van der Waals surface area contributed by atoms with Crippen LogP contribution in [0.1, 0.15) is 29.3 Å². The van der Waals surface area contributed by atoms with Gasteiger partial charge in [0.25, 0.3) is 5.91 Å². The number of carbonyl (C=O) groups is 1. The molecule has 19 heavy (non-hydrogen) atoms. The minimum atomic E-state index is 0.119. The van der Waals surface area contributed by atoms with E-state index in [2.05, 4.69) is 6.92 Å². The van der Waals surface area contributed by atoms with Gasteiger partial charge in [0.15, 0.2) is 0 Å². The molecule has 1 aromatic carbocycles. The maximum atomic E-state index is 12.5. The molecule has 4 nitrogen and oxygen atoms in total. The average Bonchev–Trinajstić information content (AvgIpc) is 2.88. The van der Waals surface area contributed by atoms with E-state index < -0.39 is 0 Å². The lowest BCUT2D eigenvalue weighted by Gasteiger charge is -2.35. The van der Waals surface area contributed by atoms with Crippen LogP contribution in [0.4, 0.5) is 0 Å². The van der Waals surface area contributed by atoms with Gasteiger partial charge in [0, 0.05) is 31.1 Å². The van der Waals surface area contributed by atoms with Crippen LogP contribution in [0.2, 0.25) is 0 Å². The van der Waals surface area contributed by atoms with Crippen LogP contribution in [0.5, 0.6) is 5.75 Å². The van der Waals surface area contributed by atoms with Crippen molar-refractivity contribution in [2.45, 2.75) is 25.8 Å². The number of hydrogen-bond donors (Lipinski definition) is 1. The van der Waals surface area contributed by atoms with Crippen molar-refractivity contribution in [2.24, 2.45) is 11.7 Å². The molecule has 1 saturated heterocycles. The van der Waals surface area contributed by atoms with E-state index in [4.69, 9.17) is 10.5 Å². The summed E-state index contributed by atoms with van der Waals surface area (Å²) < 4.78 is 5.47. The third-order valence-corrected chi connectivity index (χ3v) is 4.20. The molecule has 2 heterocycles. The van der Waals surface area contributed by atoms with Crippen LogP contribution >= 0.6 is 0 Å². The number of ether oxygens (including phenoxy) is 1. The molecule has 0 saturated carbocycles. The lowest BCUT2D eigenvalue weighted by molar-refractivity contribution is 0.0664. The van der Waals surface area contributed by atoms with Crippen LogP contribution < -0.4 is 10.5 Å². The molecule has 0 spiro atoms. The summed E-state index contributed by atoms with van der Waals surface area (Å²) in [6.45, 7) is 4.36. The second-order valence-electron chi connectivity index (χ2n) is 5.60. The molecule has 1 aromatic rings. The SMILES string of the molecule is CC1CN(C(=O)c2ccc3c(c2)CCO3)CCC1N. The zero-order valence-corrected chi connectivity index (χ0v) is 11.3. The van der Waals surface area contributed by atoms with Crippen molar-refractivity contribution in [3.63, 3.8) is 0 Å². The summed E-state index contributed by atoms with van der Waals surface area (Å²) in [4.78, 5) is 14.4. The van der Waals surface area contributed by atoms with Gasteiger partial charge in [-0.05, 0) is 36.1 Å². The minimum Gasteiger partial charge on any atom is -0.493 e. The number of nitrogens with two attached hydrogens (primary N) is 1. The second-order valence-corrected chi connectivity index (χ2v) is 5.60. The van der Waals surface area contributed by atoms with Gasteiger partial charge in [0.2, 0.25) is 0 Å². The number of fused-ring (bicyclic) bond motifs is 1. The molecule has 0 bridgehead atoms. The highest BCUT2D eigenvalue weighted by atomic mass is 16.5. The van der Waals surface area contributed by atoms with Gasteiger partial charge in [-0.1, -0.05) is 6.92 Å². The molecule has 1 amide bonds. The maximum absolute atomic E-state index is 12.5. The predicted octanol–water partition coefficient (Wildman–Crippen LogP) is 1.43. The van der Waals surface area contributed by atoms with Gasteiger partial charge in [0.05, 0.1) is 6.61 Å². The first-order chi connectivity index (χ1) is 9.15. The molecule has 2 aliphatic heterocycles. The summed E-state index contributed by atoms with van der Waals surface area (Å²) in [5.74, 6) is 1.41. The van der Waals surface area contributed by atoms with Crippen LogP contribution in [-0.2, 0) is 6.42 Å². The molecule has 0 aliphatic carbocycles. The van der Waals surface area contributed by atoms with Crippen LogP contribution in [0, 0.1) is 5.92 Å². The van der Waals surface area contributed by atoms with E-state index in [1.807, 2.05) is 23.1 Å². The van der Waals surface area contributed by atoms with Crippen molar-refractivity contribution in [2.75, 3.05) is 19.7 Å². The lowest BCUT2D eigenvalue weighted by Crippen LogP contribution is -2.48. The smallest absolute Gasteiger partial charge is 0.253 e. The summed E-state index contributed by atoms with van der Waals surface area (Å²) in [7, 11) is 0. The third-order valence-electron chi connectivity index (χ3n) is 4.20. The summed E-state index contributed by atoms with van der Waals surface area (Å²) in [6, 6.07) is 5.97. The van der Waals surface area contributed by atoms with Gasteiger partial charge in [-0.15, -0.1) is 0 Å². The molecule has 102 valence electrons. The Kier molecular flexibility index (Phi) is 3.19. The largest absolute Gasteiger partial charge is 0.493 e. The highest BCUT2D eigenvalue weighted by Crippen LogP contribution is 2.27. The fourth-order valence-corrected chi connectivity index (χ4v) is 2.85. The molecule has 1 fully saturated rings. The van der Waals surface area contributed by atoms with Crippen molar-refractivity contribution in [1.29, 1.82) is 0 Å². The van der Waals surface area contributed by atoms with Gasteiger partial charge in [0.1, 0.15) is 5.75 Å². The summed E-state index contributed by atoms with van der Waals surface area (Å²) in [6.07, 6.45) is 1.79. The van der Waals surface area contributed by atoms with Crippen LogP contribution in [-0.4, -0.2) is 36.5 Å². The Morgan fingerprint density at radius 1 is 1.47 bits per heavy atom. The fourth-order valence-electron chi connectivity index (χ4n) is 2.85. The van der Waals surface area contributed by atoms with Gasteiger partial charge in [-0.2, -0.15) is 0 Å². The summed E-state index contributed by atoms with van der Waals surface area (Å²) >= 11 is 0. The first-order valence-electron chi connectivity index (χ1n) is 6.96. The Morgan fingerprint density at radius 2 is 2.32 bits per heavy atom. The normalized spacial score (nSPS) is 25.9. The lowest BCUT2D eigenvalue weighted by atomic mass is 9.94. The van der Waals surface area contributed by atoms with Crippen molar-refractivity contribution in [3.05, 3.63) is 29.3 Å². The minimum absolute atomic E-state index is 0.119. The third kappa shape index (κ3) is 2.32. The summed E-state index contributed by atoms with van der Waals surface area (Å²) in [5.41, 5.74) is 7.91. The van der Waals surface area contributed by atoms with Crippen molar-refractivity contribution >= 4 is 5.91 Å². The van der Waals surface area contributed by atoms with E-state index in [1.54, 1.807) is 0 Å². The van der Waals surface area contributed by atoms with E-state index in [1.165, 1.54) is 0 Å². The van der Waals surface area contributed by atoms with E-state index in [0.29, 0.717) is 5.92 Å². The number of carbonyl (C=O) groups excluding carboxylic acids is 1. The van der Waals surface area contributed by atoms with E-state index >= 15 is 0 Å².